The molecule has 134 valence electrons. The monoisotopic (exact) mass is 371 g/mol. The van der Waals surface area contributed by atoms with Gasteiger partial charge < -0.3 is 4.74 Å². The van der Waals surface area contributed by atoms with E-state index in [-0.39, 0.29) is 18.0 Å². The maximum Gasteiger partial charge on any atom is 0.309 e. The van der Waals surface area contributed by atoms with Gasteiger partial charge in [-0.2, -0.15) is 4.31 Å². The van der Waals surface area contributed by atoms with Crippen molar-refractivity contribution in [2.45, 2.75) is 55.8 Å². The highest BCUT2D eigenvalue weighted by atomic mass is 32.2. The molecule has 0 bridgehead atoms. The van der Waals surface area contributed by atoms with Crippen molar-refractivity contribution >= 4 is 27.3 Å². The number of rotatable bonds is 4. The Morgan fingerprint density at radius 2 is 2.00 bits per heavy atom. The molecule has 7 heteroatoms. The molecule has 0 aromatic carbocycles. The molecule has 0 spiro atoms. The molecule has 1 aromatic rings. The molecule has 5 nitrogen and oxygen atoms in total. The van der Waals surface area contributed by atoms with E-state index >= 15 is 0 Å². The lowest BCUT2D eigenvalue weighted by Gasteiger charge is -2.32. The fourth-order valence-corrected chi connectivity index (χ4v) is 6.23. The molecule has 0 N–H and O–H groups in total. The minimum Gasteiger partial charge on any atom is -0.462 e. The van der Waals surface area contributed by atoms with Gasteiger partial charge in [-0.15, -0.1) is 11.3 Å². The molecular formula is C17H25NO4S2. The molecule has 3 rings (SSSR count). The van der Waals surface area contributed by atoms with Crippen molar-refractivity contribution < 1.29 is 17.9 Å². The van der Waals surface area contributed by atoms with Crippen LogP contribution >= 0.6 is 11.3 Å². The highest BCUT2D eigenvalue weighted by Gasteiger charge is 2.34. The van der Waals surface area contributed by atoms with Crippen LogP contribution in [-0.2, 0) is 19.6 Å². The Labute approximate surface area is 148 Å². The van der Waals surface area contributed by atoms with Crippen LogP contribution in [0.15, 0.2) is 21.7 Å². The van der Waals surface area contributed by atoms with Crippen LogP contribution in [-0.4, -0.2) is 37.9 Å². The summed E-state index contributed by atoms with van der Waals surface area (Å²) in [6.07, 6.45) is 5.40. The summed E-state index contributed by atoms with van der Waals surface area (Å²) in [6, 6.07) is 3.37. The number of carbonyl (C=O) groups excluding carboxylic acids is 1. The Balaban J connectivity index is 1.52. The molecule has 1 saturated carbocycles. The van der Waals surface area contributed by atoms with Crippen LogP contribution in [0.1, 0.15) is 45.4 Å². The molecule has 1 aromatic heterocycles. The topological polar surface area (TPSA) is 63.7 Å². The number of thiophene rings is 1. The Morgan fingerprint density at radius 1 is 1.25 bits per heavy atom. The van der Waals surface area contributed by atoms with E-state index < -0.39 is 10.0 Å². The first-order valence-electron chi connectivity index (χ1n) is 8.71. The second kappa shape index (κ2) is 7.54. The molecule has 2 unspecified atom stereocenters. The minimum absolute atomic E-state index is 0.0501. The van der Waals surface area contributed by atoms with Crippen molar-refractivity contribution in [3.63, 3.8) is 0 Å². The summed E-state index contributed by atoms with van der Waals surface area (Å²) in [5, 5.41) is 1.77. The normalized spacial score (nSPS) is 27.0. The summed E-state index contributed by atoms with van der Waals surface area (Å²) in [5.41, 5.74) is 0. The zero-order valence-corrected chi connectivity index (χ0v) is 15.7. The van der Waals surface area contributed by atoms with Crippen molar-refractivity contribution in [2.24, 2.45) is 11.8 Å². The lowest BCUT2D eigenvalue weighted by Crippen LogP contribution is -2.41. The lowest BCUT2D eigenvalue weighted by molar-refractivity contribution is -0.157. The lowest BCUT2D eigenvalue weighted by atomic mass is 9.88. The van der Waals surface area contributed by atoms with Crippen LogP contribution in [0.2, 0.25) is 0 Å². The highest BCUT2D eigenvalue weighted by Crippen LogP contribution is 2.29. The van der Waals surface area contributed by atoms with Gasteiger partial charge in [-0.25, -0.2) is 8.42 Å². The molecule has 1 saturated heterocycles. The van der Waals surface area contributed by atoms with Gasteiger partial charge in [0.05, 0.1) is 5.92 Å². The van der Waals surface area contributed by atoms with Gasteiger partial charge in [0, 0.05) is 13.1 Å². The highest BCUT2D eigenvalue weighted by molar-refractivity contribution is 7.91. The summed E-state index contributed by atoms with van der Waals surface area (Å²) in [7, 11) is -3.40. The van der Waals surface area contributed by atoms with Gasteiger partial charge >= 0.3 is 5.97 Å². The van der Waals surface area contributed by atoms with E-state index in [9.17, 15) is 13.2 Å². The van der Waals surface area contributed by atoms with E-state index in [2.05, 4.69) is 6.92 Å². The number of carbonyl (C=O) groups is 1. The largest absolute Gasteiger partial charge is 0.462 e. The quantitative estimate of drug-likeness (QED) is 0.762. The second-order valence-electron chi connectivity index (χ2n) is 6.94. The van der Waals surface area contributed by atoms with Gasteiger partial charge in [-0.05, 0) is 49.5 Å². The summed E-state index contributed by atoms with van der Waals surface area (Å²) in [5.74, 6) is 0.314. The number of nitrogens with zero attached hydrogens (tertiary/aromatic N) is 1. The molecule has 2 aliphatic rings. The Morgan fingerprint density at radius 3 is 2.62 bits per heavy atom. The molecule has 2 heterocycles. The van der Waals surface area contributed by atoms with Gasteiger partial charge in [-0.1, -0.05) is 19.4 Å². The average molecular weight is 372 g/mol. The molecule has 0 radical (unpaired) electrons. The predicted molar refractivity (Wildman–Crippen MR) is 93.3 cm³/mol. The Bertz CT molecular complexity index is 648. The number of ether oxygens (including phenoxy) is 1. The first-order chi connectivity index (χ1) is 11.5. The molecule has 24 heavy (non-hydrogen) atoms. The van der Waals surface area contributed by atoms with Crippen LogP contribution in [0.25, 0.3) is 0 Å². The molecule has 1 aliphatic heterocycles. The van der Waals surface area contributed by atoms with E-state index in [1.807, 2.05) is 0 Å². The maximum atomic E-state index is 12.5. The van der Waals surface area contributed by atoms with E-state index in [1.165, 1.54) is 22.1 Å². The number of esters is 1. The molecule has 2 fully saturated rings. The summed E-state index contributed by atoms with van der Waals surface area (Å²) < 4.78 is 32.6. The first-order valence-corrected chi connectivity index (χ1v) is 11.0. The van der Waals surface area contributed by atoms with E-state index in [4.69, 9.17) is 4.74 Å². The third kappa shape index (κ3) is 4.00. The summed E-state index contributed by atoms with van der Waals surface area (Å²) in [6.45, 7) is 2.98. The van der Waals surface area contributed by atoms with Gasteiger partial charge in [0.1, 0.15) is 10.3 Å². The fourth-order valence-electron chi connectivity index (χ4n) is 3.62. The number of hydrogen-bond acceptors (Lipinski definition) is 5. The predicted octanol–water partition coefficient (Wildman–Crippen LogP) is 3.27. The Hall–Kier alpha value is -0.920. The van der Waals surface area contributed by atoms with Crippen LogP contribution in [0, 0.1) is 11.8 Å². The number of piperidine rings is 1. The third-order valence-electron chi connectivity index (χ3n) is 5.05. The first kappa shape index (κ1) is 17.9. The zero-order chi connectivity index (χ0) is 17.2. The maximum absolute atomic E-state index is 12.5. The summed E-state index contributed by atoms with van der Waals surface area (Å²) >= 11 is 1.23. The van der Waals surface area contributed by atoms with Gasteiger partial charge in [0.25, 0.3) is 10.0 Å². The van der Waals surface area contributed by atoms with Crippen molar-refractivity contribution in [1.82, 2.24) is 4.31 Å². The Kier molecular flexibility index (Phi) is 5.62. The SMILES string of the molecule is CC1CCCC(OC(=O)C2CCN(S(=O)(=O)c3cccs3)CC2)C1. The van der Waals surface area contributed by atoms with E-state index in [0.29, 0.717) is 36.1 Å². The number of sulfonamides is 1. The van der Waals surface area contributed by atoms with Crippen molar-refractivity contribution in [1.29, 1.82) is 0 Å². The molecule has 2 atom stereocenters. The van der Waals surface area contributed by atoms with E-state index in [0.717, 1.165) is 19.3 Å². The molecule has 0 amide bonds. The van der Waals surface area contributed by atoms with Crippen molar-refractivity contribution in [3.8, 4) is 0 Å². The van der Waals surface area contributed by atoms with Crippen LogP contribution in [0.3, 0.4) is 0 Å². The molecule has 1 aliphatic carbocycles. The standard InChI is InChI=1S/C17H25NO4S2/c1-13-4-2-5-15(12-13)22-17(19)14-7-9-18(10-8-14)24(20,21)16-6-3-11-23-16/h3,6,11,13-15H,2,4-5,7-10,12H2,1H3. The van der Waals surface area contributed by atoms with Gasteiger partial charge in [0.15, 0.2) is 0 Å². The van der Waals surface area contributed by atoms with Crippen molar-refractivity contribution in [3.05, 3.63) is 17.5 Å². The summed E-state index contributed by atoms with van der Waals surface area (Å²) in [4.78, 5) is 12.4. The van der Waals surface area contributed by atoms with Gasteiger partial charge in [-0.3, -0.25) is 4.79 Å². The fraction of sp³-hybridized carbons (Fsp3) is 0.706. The average Bonchev–Trinajstić information content (AvgIpc) is 3.10. The van der Waals surface area contributed by atoms with Crippen LogP contribution in [0.4, 0.5) is 0 Å². The van der Waals surface area contributed by atoms with Crippen LogP contribution in [0.5, 0.6) is 0 Å². The van der Waals surface area contributed by atoms with Crippen molar-refractivity contribution in [2.75, 3.05) is 13.1 Å². The smallest absolute Gasteiger partial charge is 0.309 e. The van der Waals surface area contributed by atoms with Gasteiger partial charge in [0.2, 0.25) is 0 Å². The van der Waals surface area contributed by atoms with Crippen LogP contribution < -0.4 is 0 Å². The van der Waals surface area contributed by atoms with E-state index in [1.54, 1.807) is 17.5 Å². The second-order valence-corrected chi connectivity index (χ2v) is 10.1. The molecular weight excluding hydrogens is 346 g/mol. The zero-order valence-electron chi connectivity index (χ0n) is 14.0. The number of hydrogen-bond donors (Lipinski definition) is 0. The third-order valence-corrected chi connectivity index (χ3v) is 8.32. The minimum atomic E-state index is -3.40.